The first-order valence-corrected chi connectivity index (χ1v) is 7.88. The predicted octanol–water partition coefficient (Wildman–Crippen LogP) is 2.30. The van der Waals surface area contributed by atoms with Crippen LogP contribution in [0.1, 0.15) is 20.3 Å². The van der Waals surface area contributed by atoms with Crippen molar-refractivity contribution in [3.8, 4) is 5.82 Å². The minimum absolute atomic E-state index is 0.198. The van der Waals surface area contributed by atoms with Gasteiger partial charge in [0.05, 0.1) is 11.9 Å². The third-order valence-corrected chi connectivity index (χ3v) is 3.89. The molecule has 1 atom stereocenters. The number of nitrogens with zero attached hydrogens (tertiary/aromatic N) is 3. The average molecular weight is 381 g/mol. The summed E-state index contributed by atoms with van der Waals surface area (Å²) in [5, 5.41) is 16.2. The average Bonchev–Trinajstić information content (AvgIpc) is 2.51. The van der Waals surface area contributed by atoms with Crippen LogP contribution in [0.5, 0.6) is 0 Å². The number of aromatic nitrogens is 3. The van der Waals surface area contributed by atoms with Crippen LogP contribution in [0.15, 0.2) is 39.9 Å². The number of aliphatic carboxylic acids is 1. The van der Waals surface area contributed by atoms with Gasteiger partial charge in [0.1, 0.15) is 10.5 Å². The number of halogens is 1. The smallest absolute Gasteiger partial charge is 0.326 e. The maximum absolute atomic E-state index is 12.4. The van der Waals surface area contributed by atoms with E-state index in [4.69, 9.17) is 0 Å². The fourth-order valence-electron chi connectivity index (χ4n) is 2.06. The molecule has 2 heterocycles. The maximum atomic E-state index is 12.4. The van der Waals surface area contributed by atoms with Gasteiger partial charge in [-0.25, -0.2) is 9.78 Å². The number of rotatable bonds is 6. The third kappa shape index (κ3) is 4.16. The molecule has 2 aromatic heterocycles. The molecule has 0 unspecified atom stereocenters. The van der Waals surface area contributed by atoms with Gasteiger partial charge in [0.25, 0.3) is 5.56 Å². The summed E-state index contributed by atoms with van der Waals surface area (Å²) < 4.78 is 1.36. The van der Waals surface area contributed by atoms with Crippen molar-refractivity contribution in [2.75, 3.05) is 5.32 Å². The highest BCUT2D eigenvalue weighted by atomic mass is 79.9. The van der Waals surface area contributed by atoms with Crippen LogP contribution < -0.4 is 10.9 Å². The molecule has 23 heavy (non-hydrogen) atoms. The van der Waals surface area contributed by atoms with E-state index in [2.05, 4.69) is 31.3 Å². The minimum atomic E-state index is -0.973. The third-order valence-electron chi connectivity index (χ3n) is 3.12. The summed E-state index contributed by atoms with van der Waals surface area (Å²) in [4.78, 5) is 27.8. The van der Waals surface area contributed by atoms with E-state index in [1.165, 1.54) is 6.20 Å². The van der Waals surface area contributed by atoms with Gasteiger partial charge in [-0.15, -0.1) is 0 Å². The van der Waals surface area contributed by atoms with Crippen LogP contribution in [0.2, 0.25) is 0 Å². The number of hydrogen-bond donors (Lipinski definition) is 2. The normalized spacial score (nSPS) is 12.2. The number of anilines is 1. The molecule has 0 bridgehead atoms. The molecule has 0 saturated heterocycles. The summed E-state index contributed by atoms with van der Waals surface area (Å²) in [7, 11) is 0. The van der Waals surface area contributed by atoms with Gasteiger partial charge in [-0.2, -0.15) is 9.78 Å². The molecule has 0 aliphatic carbocycles. The number of carbonyl (C=O) groups is 1. The van der Waals surface area contributed by atoms with Gasteiger partial charge in [-0.1, -0.05) is 19.9 Å². The molecule has 0 spiro atoms. The lowest BCUT2D eigenvalue weighted by atomic mass is 10.0. The van der Waals surface area contributed by atoms with Gasteiger partial charge in [0.2, 0.25) is 0 Å². The van der Waals surface area contributed by atoms with Crippen LogP contribution in [0.4, 0.5) is 5.69 Å². The second-order valence-corrected chi connectivity index (χ2v) is 6.23. The van der Waals surface area contributed by atoms with E-state index >= 15 is 0 Å². The molecule has 0 radical (unpaired) electrons. The Hall–Kier alpha value is -2.22. The van der Waals surface area contributed by atoms with E-state index in [0.717, 1.165) is 4.68 Å². The lowest BCUT2D eigenvalue weighted by Crippen LogP contribution is -2.32. The first-order chi connectivity index (χ1) is 10.9. The SMILES string of the molecule is CC(C)C[C@H](Nc1cnn(-c2ccccn2)c(=O)c1Br)C(=O)O. The van der Waals surface area contributed by atoms with Crippen LogP contribution in [0.25, 0.3) is 5.82 Å². The second-order valence-electron chi connectivity index (χ2n) is 5.44. The van der Waals surface area contributed by atoms with Crippen LogP contribution >= 0.6 is 15.9 Å². The van der Waals surface area contributed by atoms with Crippen molar-refractivity contribution in [3.05, 3.63) is 45.4 Å². The first-order valence-electron chi connectivity index (χ1n) is 7.08. The Bertz CT molecular complexity index is 746. The molecule has 0 aliphatic heterocycles. The largest absolute Gasteiger partial charge is 0.480 e. The molecule has 7 nitrogen and oxygen atoms in total. The van der Waals surface area contributed by atoms with Gasteiger partial charge in [0, 0.05) is 6.20 Å². The van der Waals surface area contributed by atoms with Gasteiger partial charge in [0.15, 0.2) is 5.82 Å². The first kappa shape index (κ1) is 17.1. The molecule has 2 rings (SSSR count). The van der Waals surface area contributed by atoms with Crippen molar-refractivity contribution in [2.24, 2.45) is 5.92 Å². The van der Waals surface area contributed by atoms with Gasteiger partial charge < -0.3 is 10.4 Å². The van der Waals surface area contributed by atoms with E-state index in [0.29, 0.717) is 17.9 Å². The number of carboxylic acids is 1. The molecule has 2 N–H and O–H groups in total. The van der Waals surface area contributed by atoms with Crippen molar-refractivity contribution >= 4 is 27.6 Å². The van der Waals surface area contributed by atoms with Gasteiger partial charge in [-0.05, 0) is 40.4 Å². The van der Waals surface area contributed by atoms with Crippen molar-refractivity contribution in [1.29, 1.82) is 0 Å². The van der Waals surface area contributed by atoms with E-state index in [1.807, 2.05) is 13.8 Å². The molecule has 0 aromatic carbocycles. The molecule has 122 valence electrons. The lowest BCUT2D eigenvalue weighted by Gasteiger charge is -2.18. The van der Waals surface area contributed by atoms with Crippen molar-refractivity contribution < 1.29 is 9.90 Å². The predicted molar refractivity (Wildman–Crippen MR) is 89.8 cm³/mol. The van der Waals surface area contributed by atoms with Crippen LogP contribution in [-0.2, 0) is 4.79 Å². The van der Waals surface area contributed by atoms with E-state index in [9.17, 15) is 14.7 Å². The second kappa shape index (κ2) is 7.36. The van der Waals surface area contributed by atoms with Crippen molar-refractivity contribution in [1.82, 2.24) is 14.8 Å². The van der Waals surface area contributed by atoms with E-state index in [-0.39, 0.29) is 10.4 Å². The molecular weight excluding hydrogens is 364 g/mol. The molecule has 0 saturated carbocycles. The number of nitrogens with one attached hydrogen (secondary N) is 1. The summed E-state index contributed by atoms with van der Waals surface area (Å²) in [5.41, 5.74) is -0.0717. The molecule has 0 fully saturated rings. The van der Waals surface area contributed by atoms with Gasteiger partial charge in [-0.3, -0.25) is 4.79 Å². The lowest BCUT2D eigenvalue weighted by molar-refractivity contribution is -0.138. The fraction of sp³-hybridized carbons (Fsp3) is 0.333. The molecule has 0 amide bonds. The van der Waals surface area contributed by atoms with Crippen molar-refractivity contribution in [2.45, 2.75) is 26.3 Å². The quantitative estimate of drug-likeness (QED) is 0.797. The minimum Gasteiger partial charge on any atom is -0.480 e. The zero-order chi connectivity index (χ0) is 17.0. The number of hydrogen-bond acceptors (Lipinski definition) is 5. The molecule has 0 aliphatic rings. The Labute approximate surface area is 141 Å². The topological polar surface area (TPSA) is 97.1 Å². The Balaban J connectivity index is 2.34. The van der Waals surface area contributed by atoms with Gasteiger partial charge >= 0.3 is 5.97 Å². The highest BCUT2D eigenvalue weighted by molar-refractivity contribution is 9.10. The number of pyridine rings is 1. The number of carboxylic acid groups (broad SMARTS) is 1. The Kier molecular flexibility index (Phi) is 5.49. The van der Waals surface area contributed by atoms with Crippen LogP contribution in [0.3, 0.4) is 0 Å². The van der Waals surface area contributed by atoms with E-state index < -0.39 is 17.6 Å². The molecule has 2 aromatic rings. The maximum Gasteiger partial charge on any atom is 0.326 e. The monoisotopic (exact) mass is 380 g/mol. The van der Waals surface area contributed by atoms with Crippen molar-refractivity contribution in [3.63, 3.8) is 0 Å². The molecular formula is C15H17BrN4O3. The summed E-state index contributed by atoms with van der Waals surface area (Å²) in [6.07, 6.45) is 3.41. The van der Waals surface area contributed by atoms with E-state index in [1.54, 1.807) is 24.4 Å². The Morgan fingerprint density at radius 2 is 2.17 bits per heavy atom. The zero-order valence-corrected chi connectivity index (χ0v) is 14.3. The standard InChI is InChI=1S/C15H17BrN4O3/c1-9(2)7-10(15(22)23)19-11-8-18-20(14(21)13(11)16)12-5-3-4-6-17-12/h3-6,8-10,19H,7H2,1-2H3,(H,22,23)/t10-/m0/s1. The van der Waals surface area contributed by atoms with Crippen LogP contribution in [-0.4, -0.2) is 31.9 Å². The highest BCUT2D eigenvalue weighted by Gasteiger charge is 2.21. The fourth-order valence-corrected chi connectivity index (χ4v) is 2.44. The Morgan fingerprint density at radius 3 is 2.74 bits per heavy atom. The summed E-state index contributed by atoms with van der Waals surface area (Å²) in [6.45, 7) is 3.87. The summed E-state index contributed by atoms with van der Waals surface area (Å²) in [6, 6.07) is 4.35. The Morgan fingerprint density at radius 1 is 1.43 bits per heavy atom. The van der Waals surface area contributed by atoms with Crippen LogP contribution in [0, 0.1) is 5.92 Å². The highest BCUT2D eigenvalue weighted by Crippen LogP contribution is 2.20. The summed E-state index contributed by atoms with van der Waals surface area (Å²) >= 11 is 3.22. The summed E-state index contributed by atoms with van der Waals surface area (Å²) in [5.74, 6) is -0.384. The zero-order valence-electron chi connectivity index (χ0n) is 12.7. The molecule has 8 heteroatoms.